The third-order valence-electron chi connectivity index (χ3n) is 2.99. The SMILES string of the molecule is N#CC1=C2C=CC=C[C@H]2c2ccccc21. The Morgan fingerprint density at radius 2 is 2.00 bits per heavy atom. The molecule has 0 N–H and O–H groups in total. The minimum absolute atomic E-state index is 0.292. The van der Waals surface area contributed by atoms with E-state index in [2.05, 4.69) is 18.2 Å². The van der Waals surface area contributed by atoms with Gasteiger partial charge in [-0.15, -0.1) is 0 Å². The van der Waals surface area contributed by atoms with E-state index >= 15 is 0 Å². The molecule has 0 aliphatic heterocycles. The Hall–Kier alpha value is -2.07. The molecule has 1 heteroatoms. The number of benzene rings is 1. The Kier molecular flexibility index (Phi) is 1.63. The molecule has 2 aliphatic carbocycles. The van der Waals surface area contributed by atoms with Crippen LogP contribution in [0.3, 0.4) is 0 Å². The number of rotatable bonds is 0. The first-order chi connectivity index (χ1) is 7.42. The topological polar surface area (TPSA) is 23.8 Å². The lowest BCUT2D eigenvalue weighted by Crippen LogP contribution is -1.95. The number of hydrogen-bond donors (Lipinski definition) is 0. The summed E-state index contributed by atoms with van der Waals surface area (Å²) in [6.07, 6.45) is 8.24. The van der Waals surface area contributed by atoms with E-state index in [1.807, 2.05) is 36.4 Å². The molecule has 0 unspecified atom stereocenters. The normalized spacial score (nSPS) is 21.1. The molecule has 1 aromatic rings. The second-order valence-corrected chi connectivity index (χ2v) is 3.75. The largest absolute Gasteiger partial charge is 0.192 e. The molecular weight excluding hydrogens is 182 g/mol. The van der Waals surface area contributed by atoms with Gasteiger partial charge in [0.15, 0.2) is 0 Å². The summed E-state index contributed by atoms with van der Waals surface area (Å²) in [4.78, 5) is 0. The van der Waals surface area contributed by atoms with E-state index in [9.17, 15) is 5.26 Å². The van der Waals surface area contributed by atoms with E-state index in [0.717, 1.165) is 16.7 Å². The molecule has 0 saturated carbocycles. The van der Waals surface area contributed by atoms with Crippen molar-refractivity contribution in [3.63, 3.8) is 0 Å². The van der Waals surface area contributed by atoms with Gasteiger partial charge in [0, 0.05) is 5.92 Å². The Morgan fingerprint density at radius 3 is 2.87 bits per heavy atom. The molecule has 0 spiro atoms. The van der Waals surface area contributed by atoms with Crippen molar-refractivity contribution in [3.05, 3.63) is 65.3 Å². The molecule has 0 fully saturated rings. The summed E-state index contributed by atoms with van der Waals surface area (Å²) < 4.78 is 0. The van der Waals surface area contributed by atoms with Gasteiger partial charge in [-0.25, -0.2) is 0 Å². The summed E-state index contributed by atoms with van der Waals surface area (Å²) in [5.41, 5.74) is 4.32. The second kappa shape index (κ2) is 2.96. The number of allylic oxidation sites excluding steroid dienone is 6. The van der Waals surface area contributed by atoms with E-state index in [-0.39, 0.29) is 0 Å². The van der Waals surface area contributed by atoms with Crippen LogP contribution in [0.25, 0.3) is 5.57 Å². The Morgan fingerprint density at radius 1 is 1.13 bits per heavy atom. The standard InChI is InChI=1S/C14H9N/c15-9-14-12-7-3-1-5-10(12)11-6-2-4-8-13(11)14/h1-8,10H/t10-/m0/s1. The van der Waals surface area contributed by atoms with Gasteiger partial charge in [-0.1, -0.05) is 48.6 Å². The summed E-state index contributed by atoms with van der Waals surface area (Å²) in [6.45, 7) is 0. The van der Waals surface area contributed by atoms with Gasteiger partial charge in [0.05, 0.1) is 5.57 Å². The molecule has 1 atom stereocenters. The van der Waals surface area contributed by atoms with E-state index < -0.39 is 0 Å². The molecule has 0 radical (unpaired) electrons. The van der Waals surface area contributed by atoms with Crippen molar-refractivity contribution in [2.45, 2.75) is 5.92 Å². The highest BCUT2D eigenvalue weighted by Crippen LogP contribution is 2.44. The van der Waals surface area contributed by atoms with Crippen LogP contribution >= 0.6 is 0 Å². The van der Waals surface area contributed by atoms with Crippen molar-refractivity contribution < 1.29 is 0 Å². The molecule has 3 rings (SSSR count). The van der Waals surface area contributed by atoms with Gasteiger partial charge < -0.3 is 0 Å². The minimum Gasteiger partial charge on any atom is -0.192 e. The monoisotopic (exact) mass is 191 g/mol. The Bertz CT molecular complexity index is 553. The molecule has 0 amide bonds. The van der Waals surface area contributed by atoms with Crippen LogP contribution in [0.15, 0.2) is 54.1 Å². The van der Waals surface area contributed by atoms with Gasteiger partial charge in [-0.2, -0.15) is 5.26 Å². The maximum absolute atomic E-state index is 9.19. The van der Waals surface area contributed by atoms with E-state index in [1.54, 1.807) is 0 Å². The van der Waals surface area contributed by atoms with E-state index in [1.165, 1.54) is 5.56 Å². The van der Waals surface area contributed by atoms with Gasteiger partial charge in [0.2, 0.25) is 0 Å². The zero-order valence-corrected chi connectivity index (χ0v) is 8.14. The van der Waals surface area contributed by atoms with Crippen molar-refractivity contribution in [2.24, 2.45) is 0 Å². The number of nitrogens with zero attached hydrogens (tertiary/aromatic N) is 1. The minimum atomic E-state index is 0.292. The van der Waals surface area contributed by atoms with Crippen molar-refractivity contribution in [1.82, 2.24) is 0 Å². The van der Waals surface area contributed by atoms with Gasteiger partial charge >= 0.3 is 0 Å². The lowest BCUT2D eigenvalue weighted by molar-refractivity contribution is 1.05. The molecule has 1 nitrogen and oxygen atoms in total. The molecule has 0 aromatic heterocycles. The van der Waals surface area contributed by atoms with Crippen molar-refractivity contribution in [2.75, 3.05) is 0 Å². The third kappa shape index (κ3) is 1.02. The summed E-state index contributed by atoms with van der Waals surface area (Å²) in [5.74, 6) is 0.292. The zero-order chi connectivity index (χ0) is 10.3. The predicted molar refractivity (Wildman–Crippen MR) is 60.0 cm³/mol. The molecule has 2 aliphatic rings. The van der Waals surface area contributed by atoms with Crippen molar-refractivity contribution >= 4 is 5.57 Å². The van der Waals surface area contributed by atoms with Gasteiger partial charge in [0.1, 0.15) is 6.07 Å². The quantitative estimate of drug-likeness (QED) is 0.617. The molecular formula is C14H9N. The first-order valence-corrected chi connectivity index (χ1v) is 5.00. The lowest BCUT2D eigenvalue weighted by Gasteiger charge is -2.11. The van der Waals surface area contributed by atoms with Gasteiger partial charge in [-0.3, -0.25) is 0 Å². The van der Waals surface area contributed by atoms with Crippen LogP contribution in [-0.2, 0) is 0 Å². The van der Waals surface area contributed by atoms with E-state index in [4.69, 9.17) is 0 Å². The third-order valence-corrected chi connectivity index (χ3v) is 2.99. The molecule has 1 aromatic carbocycles. The zero-order valence-electron chi connectivity index (χ0n) is 8.14. The molecule has 70 valence electrons. The molecule has 0 saturated heterocycles. The fourth-order valence-corrected chi connectivity index (χ4v) is 2.33. The van der Waals surface area contributed by atoms with Crippen molar-refractivity contribution in [1.29, 1.82) is 5.26 Å². The van der Waals surface area contributed by atoms with Crippen LogP contribution in [0.1, 0.15) is 17.0 Å². The van der Waals surface area contributed by atoms with Crippen LogP contribution in [0, 0.1) is 11.3 Å². The number of hydrogen-bond acceptors (Lipinski definition) is 1. The summed E-state index contributed by atoms with van der Waals surface area (Å²) in [6, 6.07) is 10.5. The van der Waals surface area contributed by atoms with Crippen molar-refractivity contribution in [3.8, 4) is 6.07 Å². The Balaban J connectivity index is 2.32. The Labute approximate surface area is 88.7 Å². The maximum Gasteiger partial charge on any atom is 0.100 e. The second-order valence-electron chi connectivity index (χ2n) is 3.75. The predicted octanol–water partition coefficient (Wildman–Crippen LogP) is 3.19. The van der Waals surface area contributed by atoms with Crippen LogP contribution in [0.4, 0.5) is 0 Å². The van der Waals surface area contributed by atoms with Crippen LogP contribution in [0.2, 0.25) is 0 Å². The highest BCUT2D eigenvalue weighted by atomic mass is 14.3. The van der Waals surface area contributed by atoms with Gasteiger partial charge in [-0.05, 0) is 16.7 Å². The summed E-state index contributed by atoms with van der Waals surface area (Å²) in [7, 11) is 0. The first-order valence-electron chi connectivity index (χ1n) is 5.00. The molecule has 0 bridgehead atoms. The highest BCUT2D eigenvalue weighted by Gasteiger charge is 2.28. The molecule has 0 heterocycles. The average Bonchev–Trinajstić information content (AvgIpc) is 2.63. The van der Waals surface area contributed by atoms with E-state index in [0.29, 0.717) is 5.92 Å². The number of nitriles is 1. The first kappa shape index (κ1) is 8.26. The fraction of sp³-hybridized carbons (Fsp3) is 0.0714. The summed E-state index contributed by atoms with van der Waals surface area (Å²) >= 11 is 0. The fourth-order valence-electron chi connectivity index (χ4n) is 2.33. The van der Waals surface area contributed by atoms with Crippen LogP contribution in [0.5, 0.6) is 0 Å². The summed E-state index contributed by atoms with van der Waals surface area (Å²) in [5, 5.41) is 9.19. The lowest BCUT2D eigenvalue weighted by atomic mass is 9.92. The maximum atomic E-state index is 9.19. The number of fused-ring (bicyclic) bond motifs is 3. The van der Waals surface area contributed by atoms with Crippen LogP contribution in [-0.4, -0.2) is 0 Å². The smallest absolute Gasteiger partial charge is 0.100 e. The average molecular weight is 191 g/mol. The van der Waals surface area contributed by atoms with Crippen LogP contribution < -0.4 is 0 Å². The molecule has 15 heavy (non-hydrogen) atoms. The van der Waals surface area contributed by atoms with Gasteiger partial charge in [0.25, 0.3) is 0 Å². The highest BCUT2D eigenvalue weighted by molar-refractivity contribution is 5.89.